The smallest absolute Gasteiger partial charge is 0.305 e. The van der Waals surface area contributed by atoms with E-state index in [-0.39, 0.29) is 11.8 Å². The molecule has 4 heteroatoms. The fourth-order valence-corrected chi connectivity index (χ4v) is 2.70. The predicted molar refractivity (Wildman–Crippen MR) is 93.2 cm³/mol. The lowest BCUT2D eigenvalue weighted by atomic mass is 9.85. The van der Waals surface area contributed by atoms with Crippen molar-refractivity contribution in [3.8, 4) is 5.75 Å². The Bertz CT molecular complexity index is 574. The molecule has 1 aromatic rings. The fourth-order valence-electron chi connectivity index (χ4n) is 2.70. The Labute approximate surface area is 143 Å². The van der Waals surface area contributed by atoms with Crippen LogP contribution >= 0.6 is 0 Å². The Morgan fingerprint density at radius 3 is 2.50 bits per heavy atom. The van der Waals surface area contributed by atoms with Crippen LogP contribution in [0.3, 0.4) is 0 Å². The van der Waals surface area contributed by atoms with Gasteiger partial charge in [-0.15, -0.1) is 0 Å². The minimum atomic E-state index is -0.160. The molecular formula is C20H26O4. The number of carbonyl (C=O) groups is 2. The monoisotopic (exact) mass is 330 g/mol. The average Bonchev–Trinajstić information content (AvgIpc) is 2.58. The third-order valence-corrected chi connectivity index (χ3v) is 4.43. The van der Waals surface area contributed by atoms with Crippen molar-refractivity contribution in [2.75, 3.05) is 13.2 Å². The third kappa shape index (κ3) is 5.84. The van der Waals surface area contributed by atoms with E-state index in [2.05, 4.69) is 19.1 Å². The van der Waals surface area contributed by atoms with E-state index in [1.165, 1.54) is 6.92 Å². The highest BCUT2D eigenvalue weighted by molar-refractivity contribution is 5.94. The van der Waals surface area contributed by atoms with Crippen LogP contribution in [0.2, 0.25) is 0 Å². The molecule has 0 aliphatic heterocycles. The first-order chi connectivity index (χ1) is 11.6. The van der Waals surface area contributed by atoms with E-state index < -0.39 is 0 Å². The minimum Gasteiger partial charge on any atom is -0.494 e. The highest BCUT2D eigenvalue weighted by atomic mass is 16.5. The Hall–Kier alpha value is -2.10. The second kappa shape index (κ2) is 9.26. The van der Waals surface area contributed by atoms with E-state index >= 15 is 0 Å². The Morgan fingerprint density at radius 1 is 1.12 bits per heavy atom. The van der Waals surface area contributed by atoms with Crippen molar-refractivity contribution < 1.29 is 19.1 Å². The average molecular weight is 330 g/mol. The molecular weight excluding hydrogens is 304 g/mol. The van der Waals surface area contributed by atoms with Gasteiger partial charge in [-0.3, -0.25) is 9.59 Å². The second-order valence-electron chi connectivity index (χ2n) is 6.40. The molecule has 130 valence electrons. The van der Waals surface area contributed by atoms with Crippen LogP contribution in [0, 0.1) is 11.8 Å². The first kappa shape index (κ1) is 18.2. The van der Waals surface area contributed by atoms with Crippen LogP contribution in [0.5, 0.6) is 5.75 Å². The standard InChI is InChI=1S/C20H26O4/c1-15-6-3-4-7-18(15)14-24-20(22)8-5-13-23-19-11-9-17(10-12-19)16(2)21/h3-4,9-12,15,18H,5-8,13-14H2,1-2H3. The summed E-state index contributed by atoms with van der Waals surface area (Å²) in [7, 11) is 0. The van der Waals surface area contributed by atoms with E-state index in [1.807, 2.05) is 0 Å². The number of ether oxygens (including phenoxy) is 2. The molecule has 0 N–H and O–H groups in total. The molecule has 0 saturated carbocycles. The van der Waals surface area contributed by atoms with Crippen LogP contribution in [0.15, 0.2) is 36.4 Å². The zero-order valence-corrected chi connectivity index (χ0v) is 14.5. The lowest BCUT2D eigenvalue weighted by molar-refractivity contribution is -0.145. The van der Waals surface area contributed by atoms with Gasteiger partial charge in [0.15, 0.2) is 5.78 Å². The van der Waals surface area contributed by atoms with Gasteiger partial charge in [-0.2, -0.15) is 0 Å². The first-order valence-corrected chi connectivity index (χ1v) is 8.60. The van der Waals surface area contributed by atoms with E-state index in [0.717, 1.165) is 12.8 Å². The summed E-state index contributed by atoms with van der Waals surface area (Å²) in [6, 6.07) is 7.03. The maximum absolute atomic E-state index is 11.8. The predicted octanol–water partition coefficient (Wildman–Crippen LogP) is 4.19. The lowest BCUT2D eigenvalue weighted by Gasteiger charge is -2.24. The van der Waals surface area contributed by atoms with Crippen molar-refractivity contribution in [2.24, 2.45) is 11.8 Å². The normalized spacial score (nSPS) is 19.8. The molecule has 2 rings (SSSR count). The summed E-state index contributed by atoms with van der Waals surface area (Å²) < 4.78 is 11.0. The van der Waals surface area contributed by atoms with Gasteiger partial charge in [-0.25, -0.2) is 0 Å². The number of esters is 1. The minimum absolute atomic E-state index is 0.0343. The highest BCUT2D eigenvalue weighted by Crippen LogP contribution is 2.25. The van der Waals surface area contributed by atoms with Crippen molar-refractivity contribution in [2.45, 2.75) is 39.5 Å². The molecule has 0 spiro atoms. The number of rotatable bonds is 8. The molecule has 0 heterocycles. The Balaban J connectivity index is 1.60. The quantitative estimate of drug-likeness (QED) is 0.310. The largest absolute Gasteiger partial charge is 0.494 e. The summed E-state index contributed by atoms with van der Waals surface area (Å²) in [6.45, 7) is 4.70. The van der Waals surface area contributed by atoms with Gasteiger partial charge in [0.05, 0.1) is 13.2 Å². The SMILES string of the molecule is CC(=O)c1ccc(OCCCC(=O)OCC2CC=CCC2C)cc1. The van der Waals surface area contributed by atoms with Crippen LogP contribution in [0.1, 0.15) is 49.9 Å². The summed E-state index contributed by atoms with van der Waals surface area (Å²) in [5, 5.41) is 0. The maximum atomic E-state index is 11.8. The molecule has 0 saturated heterocycles. The zero-order chi connectivity index (χ0) is 17.4. The lowest BCUT2D eigenvalue weighted by Crippen LogP contribution is -2.21. The molecule has 1 aromatic carbocycles. The van der Waals surface area contributed by atoms with Crippen molar-refractivity contribution in [1.82, 2.24) is 0 Å². The first-order valence-electron chi connectivity index (χ1n) is 8.60. The van der Waals surface area contributed by atoms with Crippen LogP contribution in [-0.2, 0) is 9.53 Å². The summed E-state index contributed by atoms with van der Waals surface area (Å²) in [6.07, 6.45) is 7.41. The van der Waals surface area contributed by atoms with E-state index in [4.69, 9.17) is 9.47 Å². The number of allylic oxidation sites excluding steroid dienone is 2. The third-order valence-electron chi connectivity index (χ3n) is 4.43. The van der Waals surface area contributed by atoms with Gasteiger partial charge in [-0.05, 0) is 62.3 Å². The Kier molecular flexibility index (Phi) is 7.04. The van der Waals surface area contributed by atoms with Crippen molar-refractivity contribution >= 4 is 11.8 Å². The van der Waals surface area contributed by atoms with Crippen LogP contribution in [0.25, 0.3) is 0 Å². The van der Waals surface area contributed by atoms with Crippen LogP contribution in [0.4, 0.5) is 0 Å². The molecule has 0 amide bonds. The van der Waals surface area contributed by atoms with Gasteiger partial charge in [-0.1, -0.05) is 19.1 Å². The number of hydrogen-bond acceptors (Lipinski definition) is 4. The van der Waals surface area contributed by atoms with Crippen LogP contribution < -0.4 is 4.74 Å². The molecule has 0 fully saturated rings. The fraction of sp³-hybridized carbons (Fsp3) is 0.500. The van der Waals surface area contributed by atoms with Gasteiger partial charge < -0.3 is 9.47 Å². The summed E-state index contributed by atoms with van der Waals surface area (Å²) in [4.78, 5) is 23.0. The van der Waals surface area contributed by atoms with Crippen molar-refractivity contribution in [3.63, 3.8) is 0 Å². The molecule has 0 aromatic heterocycles. The van der Waals surface area contributed by atoms with Gasteiger partial charge in [0, 0.05) is 12.0 Å². The molecule has 0 radical (unpaired) electrons. The summed E-state index contributed by atoms with van der Waals surface area (Å²) in [5.41, 5.74) is 0.665. The van der Waals surface area contributed by atoms with Gasteiger partial charge in [0.1, 0.15) is 5.75 Å². The topological polar surface area (TPSA) is 52.6 Å². The zero-order valence-electron chi connectivity index (χ0n) is 14.5. The number of Topliss-reactive ketones (excluding diaryl/α,β-unsaturated/α-hetero) is 1. The number of benzene rings is 1. The molecule has 0 bridgehead atoms. The number of ketones is 1. The molecule has 1 aliphatic carbocycles. The summed E-state index contributed by atoms with van der Waals surface area (Å²) in [5.74, 6) is 1.59. The van der Waals surface area contributed by atoms with E-state index in [9.17, 15) is 9.59 Å². The highest BCUT2D eigenvalue weighted by Gasteiger charge is 2.19. The van der Waals surface area contributed by atoms with E-state index in [1.54, 1.807) is 24.3 Å². The van der Waals surface area contributed by atoms with Gasteiger partial charge >= 0.3 is 5.97 Å². The van der Waals surface area contributed by atoms with Gasteiger partial charge in [0.25, 0.3) is 0 Å². The molecule has 1 aliphatic rings. The molecule has 4 nitrogen and oxygen atoms in total. The van der Waals surface area contributed by atoms with Crippen molar-refractivity contribution in [3.05, 3.63) is 42.0 Å². The maximum Gasteiger partial charge on any atom is 0.305 e. The number of hydrogen-bond donors (Lipinski definition) is 0. The van der Waals surface area contributed by atoms with Crippen molar-refractivity contribution in [1.29, 1.82) is 0 Å². The Morgan fingerprint density at radius 2 is 1.83 bits per heavy atom. The molecule has 2 atom stereocenters. The van der Waals surface area contributed by atoms with Crippen LogP contribution in [-0.4, -0.2) is 25.0 Å². The molecule has 24 heavy (non-hydrogen) atoms. The van der Waals surface area contributed by atoms with E-state index in [0.29, 0.717) is 49.2 Å². The molecule has 2 unspecified atom stereocenters. The second-order valence-corrected chi connectivity index (χ2v) is 6.40. The summed E-state index contributed by atoms with van der Waals surface area (Å²) >= 11 is 0. The van der Waals surface area contributed by atoms with Gasteiger partial charge in [0.2, 0.25) is 0 Å². The number of carbonyl (C=O) groups excluding carboxylic acids is 2.